The molecule has 7 heteroatoms. The summed E-state index contributed by atoms with van der Waals surface area (Å²) in [7, 11) is 1.79. The fourth-order valence-electron chi connectivity index (χ4n) is 3.23. The van der Waals surface area contributed by atoms with Crippen molar-refractivity contribution >= 4 is 35.0 Å². The van der Waals surface area contributed by atoms with Crippen molar-refractivity contribution in [3.05, 3.63) is 77.3 Å². The largest absolute Gasteiger partial charge is 0.334 e. The van der Waals surface area contributed by atoms with Gasteiger partial charge in [0.1, 0.15) is 0 Å². The van der Waals surface area contributed by atoms with Crippen LogP contribution in [0.5, 0.6) is 0 Å². The third kappa shape index (κ3) is 3.20. The van der Waals surface area contributed by atoms with E-state index in [1.54, 1.807) is 35.8 Å². The third-order valence-corrected chi connectivity index (χ3v) is 6.08. The van der Waals surface area contributed by atoms with Crippen LogP contribution in [-0.4, -0.2) is 23.1 Å². The number of halogens is 1. The molecule has 0 atom stereocenters. The lowest BCUT2D eigenvalue weighted by molar-refractivity contribution is 0.0990. The second-order valence-electron chi connectivity index (χ2n) is 6.58. The number of hydrogen-bond acceptors (Lipinski definition) is 5. The zero-order valence-corrected chi connectivity index (χ0v) is 16.9. The number of nitrogens with zero attached hydrogens (tertiary/aromatic N) is 3. The van der Waals surface area contributed by atoms with Gasteiger partial charge in [-0.3, -0.25) is 4.79 Å². The highest BCUT2D eigenvalue weighted by atomic mass is 35.5. The van der Waals surface area contributed by atoms with Gasteiger partial charge in [0, 0.05) is 33.0 Å². The molecule has 0 saturated heterocycles. The fourth-order valence-corrected chi connectivity index (χ4v) is 4.57. The monoisotopic (exact) mass is 419 g/mol. The molecule has 2 heterocycles. The number of anilines is 1. The van der Waals surface area contributed by atoms with Crippen molar-refractivity contribution in [3.8, 4) is 22.8 Å². The average Bonchev–Trinajstić information content (AvgIpc) is 3.20. The summed E-state index contributed by atoms with van der Waals surface area (Å²) in [6.07, 6.45) is 0. The Balaban J connectivity index is 1.55. The number of rotatable bonds is 2. The standard InChI is InChI=1S/C22H14ClN3O2S/c1-26-17-10-9-13(12-19(17)29-18-8-3-2-7-16(18)22(26)27)20-24-21(28-25-20)14-5-4-6-15(23)11-14/h2-12H,1H3. The summed E-state index contributed by atoms with van der Waals surface area (Å²) >= 11 is 7.61. The van der Waals surface area contributed by atoms with Gasteiger partial charge in [0.25, 0.3) is 11.8 Å². The van der Waals surface area contributed by atoms with E-state index in [1.165, 1.54) is 0 Å². The van der Waals surface area contributed by atoms with Crippen LogP contribution in [-0.2, 0) is 0 Å². The summed E-state index contributed by atoms with van der Waals surface area (Å²) in [5, 5.41) is 4.73. The number of aromatic nitrogens is 2. The molecule has 0 fully saturated rings. The van der Waals surface area contributed by atoms with Gasteiger partial charge >= 0.3 is 0 Å². The molecule has 0 unspecified atom stereocenters. The Morgan fingerprint density at radius 3 is 2.69 bits per heavy atom. The normalized spacial score (nSPS) is 13.0. The second kappa shape index (κ2) is 7.06. The summed E-state index contributed by atoms with van der Waals surface area (Å²) in [6, 6.07) is 20.7. The van der Waals surface area contributed by atoms with Gasteiger partial charge in [-0.15, -0.1) is 0 Å². The summed E-state index contributed by atoms with van der Waals surface area (Å²) < 4.78 is 5.43. The molecule has 0 N–H and O–H groups in total. The van der Waals surface area contributed by atoms with Gasteiger partial charge in [-0.05, 0) is 48.5 Å². The van der Waals surface area contributed by atoms with Crippen LogP contribution in [0, 0.1) is 0 Å². The predicted octanol–water partition coefficient (Wildman–Crippen LogP) is 5.80. The van der Waals surface area contributed by atoms with Crippen molar-refractivity contribution in [2.45, 2.75) is 9.79 Å². The molecule has 142 valence electrons. The lowest BCUT2D eigenvalue weighted by atomic mass is 10.1. The van der Waals surface area contributed by atoms with Gasteiger partial charge in [0.05, 0.1) is 11.3 Å². The molecule has 0 radical (unpaired) electrons. The number of carbonyl (C=O) groups is 1. The van der Waals surface area contributed by atoms with E-state index in [0.717, 1.165) is 26.6 Å². The Labute approximate surface area is 176 Å². The molecule has 1 aromatic heterocycles. The first kappa shape index (κ1) is 18.0. The molecule has 0 spiro atoms. The van der Waals surface area contributed by atoms with Crippen LogP contribution in [0.15, 0.2) is 81.0 Å². The highest BCUT2D eigenvalue weighted by molar-refractivity contribution is 7.99. The zero-order chi connectivity index (χ0) is 20.0. The minimum Gasteiger partial charge on any atom is -0.334 e. The van der Waals surface area contributed by atoms with Crippen LogP contribution in [0.2, 0.25) is 5.02 Å². The van der Waals surface area contributed by atoms with Crippen molar-refractivity contribution in [1.29, 1.82) is 0 Å². The van der Waals surface area contributed by atoms with Crippen LogP contribution < -0.4 is 4.90 Å². The minimum atomic E-state index is -0.0256. The Bertz CT molecular complexity index is 1250. The van der Waals surface area contributed by atoms with E-state index in [2.05, 4.69) is 10.1 Å². The first-order valence-corrected chi connectivity index (χ1v) is 10.1. The van der Waals surface area contributed by atoms with Gasteiger partial charge in [-0.25, -0.2) is 0 Å². The lowest BCUT2D eigenvalue weighted by Gasteiger charge is -2.17. The number of benzene rings is 3. The van der Waals surface area contributed by atoms with Crippen LogP contribution in [0.3, 0.4) is 0 Å². The van der Waals surface area contributed by atoms with E-state index in [-0.39, 0.29) is 5.91 Å². The molecule has 1 aliphatic rings. The Kier molecular flexibility index (Phi) is 4.38. The molecule has 1 amide bonds. The average molecular weight is 420 g/mol. The highest BCUT2D eigenvalue weighted by Gasteiger charge is 2.25. The topological polar surface area (TPSA) is 59.2 Å². The summed E-state index contributed by atoms with van der Waals surface area (Å²) in [5.74, 6) is 0.861. The summed E-state index contributed by atoms with van der Waals surface area (Å²) in [6.45, 7) is 0. The van der Waals surface area contributed by atoms with Crippen LogP contribution in [0.4, 0.5) is 5.69 Å². The first-order valence-electron chi connectivity index (χ1n) is 8.89. The van der Waals surface area contributed by atoms with Gasteiger partial charge in [-0.2, -0.15) is 4.98 Å². The quantitative estimate of drug-likeness (QED) is 0.411. The fraction of sp³-hybridized carbons (Fsp3) is 0.0455. The SMILES string of the molecule is CN1C(=O)c2ccccc2Sc2cc(-c3noc(-c4cccc(Cl)c4)n3)ccc21. The first-order chi connectivity index (χ1) is 14.1. The maximum Gasteiger partial charge on any atom is 0.259 e. The van der Waals surface area contributed by atoms with Gasteiger partial charge < -0.3 is 9.42 Å². The highest BCUT2D eigenvalue weighted by Crippen LogP contribution is 2.42. The van der Waals surface area contributed by atoms with Crippen molar-refractivity contribution in [2.75, 3.05) is 11.9 Å². The molecule has 1 aliphatic heterocycles. The van der Waals surface area contributed by atoms with Crippen LogP contribution >= 0.6 is 23.4 Å². The number of hydrogen-bond donors (Lipinski definition) is 0. The Hall–Kier alpha value is -3.09. The Morgan fingerprint density at radius 1 is 0.966 bits per heavy atom. The molecule has 5 nitrogen and oxygen atoms in total. The van der Waals surface area contributed by atoms with Gasteiger partial charge in [0.2, 0.25) is 5.82 Å². The molecule has 5 rings (SSSR count). The van der Waals surface area contributed by atoms with E-state index < -0.39 is 0 Å². The maximum atomic E-state index is 12.8. The molecule has 29 heavy (non-hydrogen) atoms. The minimum absolute atomic E-state index is 0.0256. The number of carbonyl (C=O) groups excluding carboxylic acids is 1. The van der Waals surface area contributed by atoms with Crippen LogP contribution in [0.25, 0.3) is 22.8 Å². The van der Waals surface area contributed by atoms with E-state index in [9.17, 15) is 4.79 Å². The number of fused-ring (bicyclic) bond motifs is 2. The van der Waals surface area contributed by atoms with E-state index in [0.29, 0.717) is 22.3 Å². The second-order valence-corrected chi connectivity index (χ2v) is 8.10. The third-order valence-electron chi connectivity index (χ3n) is 4.72. The van der Waals surface area contributed by atoms with Crippen LogP contribution in [0.1, 0.15) is 10.4 Å². The van der Waals surface area contributed by atoms with E-state index >= 15 is 0 Å². The van der Waals surface area contributed by atoms with Crippen molar-refractivity contribution < 1.29 is 9.32 Å². The van der Waals surface area contributed by atoms with Crippen molar-refractivity contribution in [3.63, 3.8) is 0 Å². The predicted molar refractivity (Wildman–Crippen MR) is 113 cm³/mol. The summed E-state index contributed by atoms with van der Waals surface area (Å²) in [4.78, 5) is 20.9. The molecular formula is C22H14ClN3O2S. The van der Waals surface area contributed by atoms with E-state index in [1.807, 2.05) is 54.6 Å². The lowest BCUT2D eigenvalue weighted by Crippen LogP contribution is -2.25. The molecule has 0 bridgehead atoms. The molecule has 0 aliphatic carbocycles. The van der Waals surface area contributed by atoms with Crippen molar-refractivity contribution in [2.24, 2.45) is 0 Å². The smallest absolute Gasteiger partial charge is 0.259 e. The summed E-state index contributed by atoms with van der Waals surface area (Å²) in [5.41, 5.74) is 3.12. The van der Waals surface area contributed by atoms with Gasteiger partial charge in [-0.1, -0.05) is 46.7 Å². The molecule has 0 saturated carbocycles. The maximum absolute atomic E-state index is 12.8. The van der Waals surface area contributed by atoms with E-state index in [4.69, 9.17) is 16.1 Å². The zero-order valence-electron chi connectivity index (χ0n) is 15.3. The van der Waals surface area contributed by atoms with Gasteiger partial charge in [0.15, 0.2) is 0 Å². The molecule has 4 aromatic rings. The Morgan fingerprint density at radius 2 is 1.83 bits per heavy atom. The van der Waals surface area contributed by atoms with Crippen molar-refractivity contribution in [1.82, 2.24) is 10.1 Å². The number of amides is 1. The molecular weight excluding hydrogens is 406 g/mol. The molecule has 3 aromatic carbocycles.